The standard InChI is InChI=1S/C15H11ClN2O2S/c1-9-2-7-12(21-9)14-13(17-8-20-14)15(19)18-11-5-3-10(16)4-6-11/h2-8H,1H3,(H,18,19). The lowest BCUT2D eigenvalue weighted by molar-refractivity contribution is 0.102. The van der Waals surface area contributed by atoms with Crippen molar-refractivity contribution in [3.63, 3.8) is 0 Å². The van der Waals surface area contributed by atoms with Crippen molar-refractivity contribution >= 4 is 34.5 Å². The summed E-state index contributed by atoms with van der Waals surface area (Å²) >= 11 is 7.37. The highest BCUT2D eigenvalue weighted by Crippen LogP contribution is 2.30. The number of anilines is 1. The zero-order valence-electron chi connectivity index (χ0n) is 11.1. The summed E-state index contributed by atoms with van der Waals surface area (Å²) in [6.07, 6.45) is 1.28. The third-order valence-corrected chi connectivity index (χ3v) is 4.10. The highest BCUT2D eigenvalue weighted by atomic mass is 35.5. The molecule has 1 amide bonds. The van der Waals surface area contributed by atoms with Crippen LogP contribution in [-0.2, 0) is 0 Å². The van der Waals surface area contributed by atoms with Crippen LogP contribution in [0.2, 0.25) is 5.02 Å². The van der Waals surface area contributed by atoms with Crippen LogP contribution in [0.5, 0.6) is 0 Å². The van der Waals surface area contributed by atoms with Crippen molar-refractivity contribution in [1.82, 2.24) is 4.98 Å². The zero-order chi connectivity index (χ0) is 14.8. The van der Waals surface area contributed by atoms with Gasteiger partial charge in [0.2, 0.25) is 0 Å². The summed E-state index contributed by atoms with van der Waals surface area (Å²) in [6.45, 7) is 2.00. The smallest absolute Gasteiger partial charge is 0.278 e. The fraction of sp³-hybridized carbons (Fsp3) is 0.0667. The van der Waals surface area contributed by atoms with Crippen molar-refractivity contribution in [2.45, 2.75) is 6.92 Å². The van der Waals surface area contributed by atoms with E-state index in [9.17, 15) is 4.79 Å². The first-order chi connectivity index (χ1) is 10.1. The van der Waals surface area contributed by atoms with Crippen molar-refractivity contribution in [2.75, 3.05) is 5.32 Å². The number of thiophene rings is 1. The van der Waals surface area contributed by atoms with Crippen LogP contribution in [0.3, 0.4) is 0 Å². The molecule has 1 aromatic carbocycles. The van der Waals surface area contributed by atoms with Gasteiger partial charge in [0.05, 0.1) is 4.88 Å². The Morgan fingerprint density at radius 3 is 2.67 bits per heavy atom. The minimum absolute atomic E-state index is 0.270. The minimum atomic E-state index is -0.313. The second-order valence-electron chi connectivity index (χ2n) is 4.40. The van der Waals surface area contributed by atoms with Crippen molar-refractivity contribution in [2.24, 2.45) is 0 Å². The van der Waals surface area contributed by atoms with E-state index >= 15 is 0 Å². The lowest BCUT2D eigenvalue weighted by atomic mass is 10.2. The summed E-state index contributed by atoms with van der Waals surface area (Å²) in [5, 5.41) is 3.39. The van der Waals surface area contributed by atoms with Crippen molar-refractivity contribution < 1.29 is 9.21 Å². The molecule has 4 nitrogen and oxygen atoms in total. The molecule has 0 spiro atoms. The first-order valence-electron chi connectivity index (χ1n) is 6.21. The Bertz CT molecular complexity index is 777. The van der Waals surface area contributed by atoms with Crippen molar-refractivity contribution in [1.29, 1.82) is 0 Å². The fourth-order valence-electron chi connectivity index (χ4n) is 1.86. The quantitative estimate of drug-likeness (QED) is 0.766. The molecule has 2 aromatic heterocycles. The van der Waals surface area contributed by atoms with Gasteiger partial charge in [0.25, 0.3) is 5.91 Å². The maximum atomic E-state index is 12.3. The van der Waals surface area contributed by atoms with Gasteiger partial charge in [0.15, 0.2) is 17.8 Å². The van der Waals surface area contributed by atoms with Gasteiger partial charge in [-0.25, -0.2) is 4.98 Å². The summed E-state index contributed by atoms with van der Waals surface area (Å²) in [6, 6.07) is 10.8. The Morgan fingerprint density at radius 1 is 1.24 bits per heavy atom. The van der Waals surface area contributed by atoms with Gasteiger partial charge in [-0.3, -0.25) is 4.79 Å². The van der Waals surface area contributed by atoms with Crippen LogP contribution in [0.25, 0.3) is 10.6 Å². The summed E-state index contributed by atoms with van der Waals surface area (Å²) in [4.78, 5) is 18.3. The van der Waals surface area contributed by atoms with E-state index in [2.05, 4.69) is 10.3 Å². The van der Waals surface area contributed by atoms with Crippen molar-refractivity contribution in [3.05, 3.63) is 58.4 Å². The van der Waals surface area contributed by atoms with E-state index in [0.29, 0.717) is 16.5 Å². The van der Waals surface area contributed by atoms with E-state index in [0.717, 1.165) is 9.75 Å². The van der Waals surface area contributed by atoms with Crippen LogP contribution < -0.4 is 5.32 Å². The molecule has 0 bridgehead atoms. The molecule has 3 rings (SSSR count). The third kappa shape index (κ3) is 2.99. The number of benzene rings is 1. The average molecular weight is 319 g/mol. The zero-order valence-corrected chi connectivity index (χ0v) is 12.7. The molecule has 106 valence electrons. The largest absolute Gasteiger partial charge is 0.442 e. The normalized spacial score (nSPS) is 10.6. The van der Waals surface area contributed by atoms with Crippen molar-refractivity contribution in [3.8, 4) is 10.6 Å². The van der Waals surface area contributed by atoms with Crippen LogP contribution >= 0.6 is 22.9 Å². The molecule has 0 aliphatic rings. The highest BCUT2D eigenvalue weighted by molar-refractivity contribution is 7.15. The second-order valence-corrected chi connectivity index (χ2v) is 6.13. The van der Waals surface area contributed by atoms with Crippen LogP contribution in [0.1, 0.15) is 15.4 Å². The molecule has 0 atom stereocenters. The van der Waals surface area contributed by atoms with Crippen LogP contribution in [0.15, 0.2) is 47.2 Å². The molecule has 0 unspecified atom stereocenters. The average Bonchev–Trinajstić information content (AvgIpc) is 3.09. The number of hydrogen-bond acceptors (Lipinski definition) is 4. The molecule has 0 aliphatic heterocycles. The number of aromatic nitrogens is 1. The third-order valence-electron chi connectivity index (χ3n) is 2.85. The highest BCUT2D eigenvalue weighted by Gasteiger charge is 2.19. The number of carbonyl (C=O) groups is 1. The van der Waals surface area contributed by atoms with Crippen LogP contribution in [-0.4, -0.2) is 10.9 Å². The van der Waals surface area contributed by atoms with Gasteiger partial charge in [0, 0.05) is 15.6 Å². The molecule has 0 radical (unpaired) electrons. The Labute approximate surface area is 130 Å². The Kier molecular flexibility index (Phi) is 3.77. The number of hydrogen-bond donors (Lipinski definition) is 1. The van der Waals surface area contributed by atoms with E-state index in [1.165, 1.54) is 6.39 Å². The van der Waals surface area contributed by atoms with Gasteiger partial charge in [0.1, 0.15) is 0 Å². The van der Waals surface area contributed by atoms with Gasteiger partial charge in [-0.2, -0.15) is 0 Å². The fourth-order valence-corrected chi connectivity index (χ4v) is 2.85. The van der Waals surface area contributed by atoms with Crippen LogP contribution in [0.4, 0.5) is 5.69 Å². The molecule has 0 fully saturated rings. The summed E-state index contributed by atoms with van der Waals surface area (Å²) < 4.78 is 5.36. The van der Waals surface area contributed by atoms with Gasteiger partial charge in [-0.15, -0.1) is 11.3 Å². The van der Waals surface area contributed by atoms with E-state index in [1.807, 2.05) is 19.1 Å². The second kappa shape index (κ2) is 5.71. The Balaban J connectivity index is 1.86. The number of aryl methyl sites for hydroxylation is 1. The van der Waals surface area contributed by atoms with E-state index in [1.54, 1.807) is 35.6 Å². The van der Waals surface area contributed by atoms with Crippen LogP contribution in [0, 0.1) is 6.92 Å². The molecule has 6 heteroatoms. The molecule has 1 N–H and O–H groups in total. The first-order valence-corrected chi connectivity index (χ1v) is 7.40. The Hall–Kier alpha value is -2.11. The van der Waals surface area contributed by atoms with Gasteiger partial charge in [-0.1, -0.05) is 11.6 Å². The van der Waals surface area contributed by atoms with E-state index < -0.39 is 0 Å². The summed E-state index contributed by atoms with van der Waals surface area (Å²) in [5.41, 5.74) is 0.924. The SMILES string of the molecule is Cc1ccc(-c2ocnc2C(=O)Nc2ccc(Cl)cc2)s1. The number of oxazole rings is 1. The molecule has 2 heterocycles. The Morgan fingerprint density at radius 2 is 2.00 bits per heavy atom. The maximum absolute atomic E-state index is 12.3. The molecule has 3 aromatic rings. The molecule has 0 saturated carbocycles. The predicted octanol–water partition coefficient (Wildman–Crippen LogP) is 4.62. The number of amides is 1. The van der Waals surface area contributed by atoms with Gasteiger partial charge < -0.3 is 9.73 Å². The van der Waals surface area contributed by atoms with Gasteiger partial charge >= 0.3 is 0 Å². The minimum Gasteiger partial charge on any atom is -0.442 e. The summed E-state index contributed by atoms with van der Waals surface area (Å²) in [7, 11) is 0. The number of rotatable bonds is 3. The molecule has 0 aliphatic carbocycles. The molecular weight excluding hydrogens is 308 g/mol. The number of halogens is 1. The number of carbonyl (C=O) groups excluding carboxylic acids is 1. The predicted molar refractivity (Wildman–Crippen MR) is 84.0 cm³/mol. The monoisotopic (exact) mass is 318 g/mol. The summed E-state index contributed by atoms with van der Waals surface area (Å²) in [5.74, 6) is 0.173. The van der Waals surface area contributed by atoms with Gasteiger partial charge in [-0.05, 0) is 43.3 Å². The lowest BCUT2D eigenvalue weighted by Gasteiger charge is -2.03. The van der Waals surface area contributed by atoms with E-state index in [-0.39, 0.29) is 11.6 Å². The maximum Gasteiger partial charge on any atom is 0.278 e. The lowest BCUT2D eigenvalue weighted by Crippen LogP contribution is -2.13. The molecule has 21 heavy (non-hydrogen) atoms. The van der Waals surface area contributed by atoms with E-state index in [4.69, 9.17) is 16.0 Å². The number of nitrogens with one attached hydrogen (secondary N) is 1. The molecular formula is C15H11ClN2O2S. The first kappa shape index (κ1) is 13.9. The topological polar surface area (TPSA) is 55.1 Å². The molecule has 0 saturated heterocycles. The number of nitrogens with zero attached hydrogens (tertiary/aromatic N) is 1.